The van der Waals surface area contributed by atoms with Crippen LogP contribution in [0, 0.1) is 0 Å². The second-order valence-corrected chi connectivity index (χ2v) is 4.41. The summed E-state index contributed by atoms with van der Waals surface area (Å²) in [6, 6.07) is 9.48. The van der Waals surface area contributed by atoms with E-state index in [2.05, 4.69) is 20.9 Å². The van der Waals surface area contributed by atoms with Crippen LogP contribution in [0.4, 0.5) is 0 Å². The van der Waals surface area contributed by atoms with Crippen molar-refractivity contribution in [3.63, 3.8) is 0 Å². The van der Waals surface area contributed by atoms with Crippen LogP contribution in [0.2, 0.25) is 5.02 Å². The van der Waals surface area contributed by atoms with Crippen LogP contribution in [0.1, 0.15) is 0 Å². The fourth-order valence-corrected chi connectivity index (χ4v) is 2.19. The van der Waals surface area contributed by atoms with E-state index in [1.165, 1.54) is 0 Å². The van der Waals surface area contributed by atoms with Crippen molar-refractivity contribution in [1.29, 1.82) is 0 Å². The van der Waals surface area contributed by atoms with Gasteiger partial charge in [0, 0.05) is 17.3 Å². The highest BCUT2D eigenvalue weighted by atomic mass is 79.9. The van der Waals surface area contributed by atoms with Gasteiger partial charge in [-0.15, -0.1) is 0 Å². The zero-order valence-electron chi connectivity index (χ0n) is 8.58. The Morgan fingerprint density at radius 2 is 2.00 bits per heavy atom. The van der Waals surface area contributed by atoms with Crippen molar-refractivity contribution in [2.45, 2.75) is 0 Å². The molecular weight excluding hydrogens is 289 g/mol. The lowest BCUT2D eigenvalue weighted by atomic mass is 10.1. The minimum Gasteiger partial charge on any atom is -0.496 e. The summed E-state index contributed by atoms with van der Waals surface area (Å²) < 4.78 is 6.01. The van der Waals surface area contributed by atoms with Crippen molar-refractivity contribution in [2.24, 2.45) is 0 Å². The molecule has 0 radical (unpaired) electrons. The van der Waals surface area contributed by atoms with E-state index in [0.29, 0.717) is 5.02 Å². The highest BCUT2D eigenvalue weighted by Gasteiger charge is 2.09. The Morgan fingerprint density at radius 3 is 2.69 bits per heavy atom. The molecule has 1 aromatic carbocycles. The van der Waals surface area contributed by atoms with Gasteiger partial charge in [-0.05, 0) is 28.1 Å². The van der Waals surface area contributed by atoms with Gasteiger partial charge in [0.15, 0.2) is 0 Å². The summed E-state index contributed by atoms with van der Waals surface area (Å²) >= 11 is 9.45. The number of hydrogen-bond acceptors (Lipinski definition) is 2. The largest absolute Gasteiger partial charge is 0.496 e. The minimum atomic E-state index is 0.645. The highest BCUT2D eigenvalue weighted by molar-refractivity contribution is 9.10. The fraction of sp³-hybridized carbons (Fsp3) is 0.0833. The van der Waals surface area contributed by atoms with E-state index >= 15 is 0 Å². The SMILES string of the molecule is COc1ccccc1-c1cnc(Br)cc1Cl. The summed E-state index contributed by atoms with van der Waals surface area (Å²) in [5.41, 5.74) is 1.80. The Balaban J connectivity index is 2.58. The van der Waals surface area contributed by atoms with Gasteiger partial charge in [0.1, 0.15) is 10.4 Å². The zero-order chi connectivity index (χ0) is 11.5. The van der Waals surface area contributed by atoms with Crippen molar-refractivity contribution in [1.82, 2.24) is 4.98 Å². The first-order chi connectivity index (χ1) is 7.72. The Bertz CT molecular complexity index is 516. The second-order valence-electron chi connectivity index (χ2n) is 3.19. The average molecular weight is 299 g/mol. The number of aromatic nitrogens is 1. The lowest BCUT2D eigenvalue weighted by Gasteiger charge is -2.09. The number of benzene rings is 1. The molecule has 0 saturated heterocycles. The Hall–Kier alpha value is -1.06. The van der Waals surface area contributed by atoms with Gasteiger partial charge in [-0.2, -0.15) is 0 Å². The molecule has 0 N–H and O–H groups in total. The fourth-order valence-electron chi connectivity index (χ4n) is 1.47. The third-order valence-electron chi connectivity index (χ3n) is 2.22. The molecule has 0 saturated carbocycles. The van der Waals surface area contributed by atoms with Gasteiger partial charge in [0.2, 0.25) is 0 Å². The molecule has 2 rings (SSSR count). The number of para-hydroxylation sites is 1. The van der Waals surface area contributed by atoms with E-state index in [4.69, 9.17) is 16.3 Å². The Morgan fingerprint density at radius 1 is 1.25 bits per heavy atom. The van der Waals surface area contributed by atoms with Crippen LogP contribution in [0.15, 0.2) is 41.1 Å². The summed E-state index contributed by atoms with van der Waals surface area (Å²) in [6.45, 7) is 0. The van der Waals surface area contributed by atoms with Crippen molar-refractivity contribution < 1.29 is 4.74 Å². The molecule has 4 heteroatoms. The molecule has 0 bridgehead atoms. The van der Waals surface area contributed by atoms with Crippen molar-refractivity contribution in [3.05, 3.63) is 46.2 Å². The van der Waals surface area contributed by atoms with Crippen LogP contribution in [-0.4, -0.2) is 12.1 Å². The predicted octanol–water partition coefficient (Wildman–Crippen LogP) is 4.17. The Kier molecular flexibility index (Phi) is 3.46. The monoisotopic (exact) mass is 297 g/mol. The smallest absolute Gasteiger partial charge is 0.126 e. The van der Waals surface area contributed by atoms with Crippen molar-refractivity contribution in [2.75, 3.05) is 7.11 Å². The molecule has 0 amide bonds. The maximum absolute atomic E-state index is 6.17. The van der Waals surface area contributed by atoms with Gasteiger partial charge in [0.05, 0.1) is 12.1 Å². The van der Waals surface area contributed by atoms with Crippen LogP contribution < -0.4 is 4.74 Å². The third-order valence-corrected chi connectivity index (χ3v) is 2.96. The molecular formula is C12H9BrClNO. The highest BCUT2D eigenvalue weighted by Crippen LogP contribution is 2.34. The van der Waals surface area contributed by atoms with Gasteiger partial charge in [-0.3, -0.25) is 0 Å². The van der Waals surface area contributed by atoms with E-state index in [0.717, 1.165) is 21.5 Å². The summed E-state index contributed by atoms with van der Waals surface area (Å²) in [5, 5.41) is 0.645. The van der Waals surface area contributed by atoms with Gasteiger partial charge < -0.3 is 4.74 Å². The van der Waals surface area contributed by atoms with Crippen molar-refractivity contribution >= 4 is 27.5 Å². The topological polar surface area (TPSA) is 22.1 Å². The van der Waals surface area contributed by atoms with Crippen LogP contribution in [0.25, 0.3) is 11.1 Å². The normalized spacial score (nSPS) is 10.2. The van der Waals surface area contributed by atoms with Gasteiger partial charge in [0.25, 0.3) is 0 Å². The van der Waals surface area contributed by atoms with Crippen LogP contribution in [0.5, 0.6) is 5.75 Å². The number of rotatable bonds is 2. The van der Waals surface area contributed by atoms with Gasteiger partial charge >= 0.3 is 0 Å². The first-order valence-corrected chi connectivity index (χ1v) is 5.84. The number of ether oxygens (including phenoxy) is 1. The maximum atomic E-state index is 6.17. The summed E-state index contributed by atoms with van der Waals surface area (Å²) in [6.07, 6.45) is 1.73. The molecule has 0 aliphatic carbocycles. The average Bonchev–Trinajstić information content (AvgIpc) is 2.29. The van der Waals surface area contributed by atoms with E-state index in [9.17, 15) is 0 Å². The lowest BCUT2D eigenvalue weighted by Crippen LogP contribution is -1.89. The van der Waals surface area contributed by atoms with Crippen LogP contribution >= 0.6 is 27.5 Å². The second kappa shape index (κ2) is 4.85. The standard InChI is InChI=1S/C12H9BrClNO/c1-16-11-5-3-2-4-8(11)9-7-15-12(13)6-10(9)14/h2-7H,1H3. The van der Waals surface area contributed by atoms with Crippen LogP contribution in [0.3, 0.4) is 0 Å². The summed E-state index contributed by atoms with van der Waals surface area (Å²) in [4.78, 5) is 4.17. The van der Waals surface area contributed by atoms with E-state index in [-0.39, 0.29) is 0 Å². The maximum Gasteiger partial charge on any atom is 0.126 e. The van der Waals surface area contributed by atoms with E-state index in [1.807, 2.05) is 24.3 Å². The predicted molar refractivity (Wildman–Crippen MR) is 68.9 cm³/mol. The van der Waals surface area contributed by atoms with Crippen molar-refractivity contribution in [3.8, 4) is 16.9 Å². The lowest BCUT2D eigenvalue weighted by molar-refractivity contribution is 0.416. The molecule has 1 aromatic heterocycles. The quantitative estimate of drug-likeness (QED) is 0.776. The first-order valence-electron chi connectivity index (χ1n) is 4.67. The molecule has 82 valence electrons. The van der Waals surface area contributed by atoms with E-state index in [1.54, 1.807) is 19.4 Å². The molecule has 2 nitrogen and oxygen atoms in total. The number of nitrogens with zero attached hydrogens (tertiary/aromatic N) is 1. The first kappa shape index (κ1) is 11.4. The number of hydrogen-bond donors (Lipinski definition) is 0. The molecule has 2 aromatic rings. The van der Waals surface area contributed by atoms with Gasteiger partial charge in [-0.25, -0.2) is 4.98 Å². The molecule has 0 aliphatic rings. The molecule has 0 atom stereocenters. The number of methoxy groups -OCH3 is 1. The molecule has 0 fully saturated rings. The molecule has 0 aliphatic heterocycles. The van der Waals surface area contributed by atoms with Gasteiger partial charge in [-0.1, -0.05) is 29.8 Å². The third kappa shape index (κ3) is 2.20. The summed E-state index contributed by atoms with van der Waals surface area (Å²) in [7, 11) is 1.64. The van der Waals surface area contributed by atoms with E-state index < -0.39 is 0 Å². The van der Waals surface area contributed by atoms with Crippen LogP contribution in [-0.2, 0) is 0 Å². The molecule has 0 unspecified atom stereocenters. The number of halogens is 2. The Labute approximate surface area is 107 Å². The summed E-state index contributed by atoms with van der Waals surface area (Å²) in [5.74, 6) is 0.786. The number of pyridine rings is 1. The molecule has 0 spiro atoms. The minimum absolute atomic E-state index is 0.645. The molecule has 1 heterocycles. The zero-order valence-corrected chi connectivity index (χ0v) is 10.9. The molecule has 16 heavy (non-hydrogen) atoms.